The van der Waals surface area contributed by atoms with Gasteiger partial charge >= 0.3 is 0 Å². The standard InChI is InChI=1S/C15H19N3O3/c1-21-11-5-9-18-10-8-13(17-18)16-15(20)14(19)12-6-3-2-4-7-12/h2-4,6-8,10,14,19H,5,9,11H2,1H3,(H,16,17,20). The van der Waals surface area contributed by atoms with Gasteiger partial charge in [-0.05, 0) is 12.0 Å². The van der Waals surface area contributed by atoms with Gasteiger partial charge < -0.3 is 15.2 Å². The largest absolute Gasteiger partial charge is 0.385 e. The number of hydrogen-bond donors (Lipinski definition) is 2. The first-order chi connectivity index (χ1) is 10.2. The van der Waals surface area contributed by atoms with Crippen molar-refractivity contribution >= 4 is 11.7 Å². The van der Waals surface area contributed by atoms with Gasteiger partial charge in [0.15, 0.2) is 11.9 Å². The Balaban J connectivity index is 1.90. The fraction of sp³-hybridized carbons (Fsp3) is 0.333. The second kappa shape index (κ2) is 7.56. The molecule has 2 aromatic rings. The van der Waals surface area contributed by atoms with Crippen LogP contribution in [0, 0.1) is 0 Å². The maximum Gasteiger partial charge on any atom is 0.259 e. The van der Waals surface area contributed by atoms with Crippen molar-refractivity contribution in [2.75, 3.05) is 19.0 Å². The van der Waals surface area contributed by atoms with Gasteiger partial charge in [-0.1, -0.05) is 30.3 Å². The van der Waals surface area contributed by atoms with E-state index in [1.165, 1.54) is 0 Å². The Morgan fingerprint density at radius 3 is 2.86 bits per heavy atom. The van der Waals surface area contributed by atoms with Gasteiger partial charge in [-0.15, -0.1) is 0 Å². The van der Waals surface area contributed by atoms with E-state index in [2.05, 4.69) is 10.4 Å². The number of aromatic nitrogens is 2. The predicted molar refractivity (Wildman–Crippen MR) is 78.8 cm³/mol. The monoisotopic (exact) mass is 289 g/mol. The third-order valence-corrected chi connectivity index (χ3v) is 2.99. The number of carbonyl (C=O) groups excluding carboxylic acids is 1. The molecule has 0 saturated carbocycles. The number of benzene rings is 1. The molecule has 0 aliphatic rings. The van der Waals surface area contributed by atoms with Crippen LogP contribution in [-0.2, 0) is 16.1 Å². The molecule has 1 aromatic carbocycles. The molecule has 1 aromatic heterocycles. The van der Waals surface area contributed by atoms with Crippen molar-refractivity contribution in [3.63, 3.8) is 0 Å². The molecule has 0 aliphatic heterocycles. The van der Waals surface area contributed by atoms with Gasteiger partial charge in [0, 0.05) is 32.5 Å². The van der Waals surface area contributed by atoms with Crippen LogP contribution >= 0.6 is 0 Å². The van der Waals surface area contributed by atoms with E-state index < -0.39 is 12.0 Å². The molecule has 0 spiro atoms. The number of rotatable bonds is 7. The molecule has 2 rings (SSSR count). The summed E-state index contributed by atoms with van der Waals surface area (Å²) in [5.74, 6) is -0.0734. The molecule has 21 heavy (non-hydrogen) atoms. The van der Waals surface area contributed by atoms with Gasteiger partial charge in [0.2, 0.25) is 0 Å². The Morgan fingerprint density at radius 2 is 2.14 bits per heavy atom. The van der Waals surface area contributed by atoms with Crippen molar-refractivity contribution in [1.82, 2.24) is 9.78 Å². The average Bonchev–Trinajstić information content (AvgIpc) is 2.95. The molecule has 1 heterocycles. The average molecular weight is 289 g/mol. The molecule has 0 saturated heterocycles. The first-order valence-electron chi connectivity index (χ1n) is 6.77. The van der Waals surface area contributed by atoms with Crippen LogP contribution in [0.5, 0.6) is 0 Å². The zero-order valence-corrected chi connectivity index (χ0v) is 11.9. The third kappa shape index (κ3) is 4.40. The van der Waals surface area contributed by atoms with Crippen LogP contribution in [0.25, 0.3) is 0 Å². The first kappa shape index (κ1) is 15.2. The van der Waals surface area contributed by atoms with Crippen LogP contribution in [0.3, 0.4) is 0 Å². The zero-order chi connectivity index (χ0) is 15.1. The van der Waals surface area contributed by atoms with Crippen molar-refractivity contribution in [1.29, 1.82) is 0 Å². The summed E-state index contributed by atoms with van der Waals surface area (Å²) in [7, 11) is 1.65. The van der Waals surface area contributed by atoms with Crippen LogP contribution in [0.15, 0.2) is 42.6 Å². The van der Waals surface area contributed by atoms with Crippen molar-refractivity contribution in [3.8, 4) is 0 Å². The van der Waals surface area contributed by atoms with Gasteiger partial charge in [-0.25, -0.2) is 0 Å². The SMILES string of the molecule is COCCCn1ccc(NC(=O)C(O)c2ccccc2)n1. The molecule has 6 nitrogen and oxygen atoms in total. The lowest BCUT2D eigenvalue weighted by molar-refractivity contribution is -0.124. The van der Waals surface area contributed by atoms with Crippen LogP contribution in [-0.4, -0.2) is 34.5 Å². The number of aryl methyl sites for hydroxylation is 1. The van der Waals surface area contributed by atoms with Crippen LogP contribution < -0.4 is 5.32 Å². The normalized spacial score (nSPS) is 12.1. The smallest absolute Gasteiger partial charge is 0.259 e. The number of aliphatic hydroxyl groups is 1. The summed E-state index contributed by atoms with van der Waals surface area (Å²) < 4.78 is 6.70. The molecule has 112 valence electrons. The van der Waals surface area contributed by atoms with E-state index in [0.29, 0.717) is 24.5 Å². The second-order valence-corrected chi connectivity index (χ2v) is 4.61. The molecular weight excluding hydrogens is 270 g/mol. The van der Waals surface area contributed by atoms with Crippen molar-refractivity contribution in [2.45, 2.75) is 19.1 Å². The number of nitrogens with one attached hydrogen (secondary N) is 1. The van der Waals surface area contributed by atoms with E-state index in [4.69, 9.17) is 4.74 Å². The van der Waals surface area contributed by atoms with Gasteiger partial charge in [0.1, 0.15) is 0 Å². The number of ether oxygens (including phenoxy) is 1. The quantitative estimate of drug-likeness (QED) is 0.759. The van der Waals surface area contributed by atoms with E-state index in [-0.39, 0.29) is 0 Å². The third-order valence-electron chi connectivity index (χ3n) is 2.99. The molecule has 1 amide bonds. The van der Waals surface area contributed by atoms with Gasteiger partial charge in [-0.3, -0.25) is 9.48 Å². The van der Waals surface area contributed by atoms with E-state index in [1.54, 1.807) is 48.3 Å². The zero-order valence-electron chi connectivity index (χ0n) is 11.9. The summed E-state index contributed by atoms with van der Waals surface area (Å²) in [6.45, 7) is 1.37. The summed E-state index contributed by atoms with van der Waals surface area (Å²) in [6, 6.07) is 10.5. The fourth-order valence-corrected chi connectivity index (χ4v) is 1.91. The lowest BCUT2D eigenvalue weighted by Crippen LogP contribution is -2.21. The van der Waals surface area contributed by atoms with Crippen molar-refractivity contribution < 1.29 is 14.6 Å². The molecular formula is C15H19N3O3. The Bertz CT molecular complexity index is 569. The molecule has 2 N–H and O–H groups in total. The lowest BCUT2D eigenvalue weighted by Gasteiger charge is -2.10. The fourth-order valence-electron chi connectivity index (χ4n) is 1.91. The highest BCUT2D eigenvalue weighted by atomic mass is 16.5. The van der Waals surface area contributed by atoms with Gasteiger partial charge in [0.25, 0.3) is 5.91 Å². The van der Waals surface area contributed by atoms with E-state index >= 15 is 0 Å². The number of nitrogens with zero attached hydrogens (tertiary/aromatic N) is 2. The highest BCUT2D eigenvalue weighted by molar-refractivity contribution is 5.93. The number of amides is 1. The highest BCUT2D eigenvalue weighted by Gasteiger charge is 2.17. The summed E-state index contributed by atoms with van der Waals surface area (Å²) in [5.41, 5.74) is 0.550. The topological polar surface area (TPSA) is 76.4 Å². The Labute approximate surface area is 123 Å². The van der Waals surface area contributed by atoms with Crippen LogP contribution in [0.4, 0.5) is 5.82 Å². The summed E-state index contributed by atoms with van der Waals surface area (Å²) in [5, 5.41) is 16.8. The molecule has 1 atom stereocenters. The molecule has 0 bridgehead atoms. The summed E-state index contributed by atoms with van der Waals surface area (Å²) in [4.78, 5) is 12.0. The minimum atomic E-state index is -1.20. The molecule has 0 fully saturated rings. The molecule has 6 heteroatoms. The Morgan fingerprint density at radius 1 is 1.38 bits per heavy atom. The minimum absolute atomic E-state index is 0.424. The minimum Gasteiger partial charge on any atom is -0.385 e. The highest BCUT2D eigenvalue weighted by Crippen LogP contribution is 2.14. The molecule has 1 unspecified atom stereocenters. The number of methoxy groups -OCH3 is 1. The Hall–Kier alpha value is -2.18. The summed E-state index contributed by atoms with van der Waals surface area (Å²) >= 11 is 0. The number of aliphatic hydroxyl groups excluding tert-OH is 1. The molecule has 0 radical (unpaired) electrons. The van der Waals surface area contributed by atoms with Gasteiger partial charge in [0.05, 0.1) is 0 Å². The summed E-state index contributed by atoms with van der Waals surface area (Å²) in [6.07, 6.45) is 1.42. The van der Waals surface area contributed by atoms with E-state index in [1.807, 2.05) is 6.07 Å². The number of carbonyl (C=O) groups is 1. The molecule has 0 aliphatic carbocycles. The van der Waals surface area contributed by atoms with Crippen molar-refractivity contribution in [3.05, 3.63) is 48.2 Å². The van der Waals surface area contributed by atoms with Crippen LogP contribution in [0.1, 0.15) is 18.1 Å². The Kier molecular flexibility index (Phi) is 5.48. The number of anilines is 1. The number of hydrogen-bond acceptors (Lipinski definition) is 4. The van der Waals surface area contributed by atoms with Gasteiger partial charge in [-0.2, -0.15) is 5.10 Å². The lowest BCUT2D eigenvalue weighted by atomic mass is 10.1. The second-order valence-electron chi connectivity index (χ2n) is 4.61. The van der Waals surface area contributed by atoms with E-state index in [0.717, 1.165) is 6.42 Å². The maximum atomic E-state index is 12.0. The van der Waals surface area contributed by atoms with Crippen molar-refractivity contribution in [2.24, 2.45) is 0 Å². The van der Waals surface area contributed by atoms with E-state index in [9.17, 15) is 9.90 Å². The predicted octanol–water partition coefficient (Wildman–Crippen LogP) is 1.59. The van der Waals surface area contributed by atoms with Crippen LogP contribution in [0.2, 0.25) is 0 Å². The first-order valence-corrected chi connectivity index (χ1v) is 6.77. The maximum absolute atomic E-state index is 12.0.